The van der Waals surface area contributed by atoms with E-state index in [2.05, 4.69) is 67.8 Å². The molecular weight excluding hydrogens is 466 g/mol. The summed E-state index contributed by atoms with van der Waals surface area (Å²) in [6.07, 6.45) is 1.09. The molecule has 192 valence electrons. The molecule has 6 heteroatoms. The first kappa shape index (κ1) is 26.0. The van der Waals surface area contributed by atoms with Gasteiger partial charge in [0.05, 0.1) is 11.7 Å². The second kappa shape index (κ2) is 10.9. The predicted octanol–water partition coefficient (Wildman–Crippen LogP) is 6.83. The lowest BCUT2D eigenvalue weighted by atomic mass is 9.86. The van der Waals surface area contributed by atoms with Gasteiger partial charge in [0, 0.05) is 18.9 Å². The Kier molecular flexibility index (Phi) is 7.67. The third-order valence-electron chi connectivity index (χ3n) is 6.28. The molecule has 0 N–H and O–H groups in total. The van der Waals surface area contributed by atoms with E-state index >= 15 is 0 Å². The van der Waals surface area contributed by atoms with E-state index in [0.717, 1.165) is 27.6 Å². The molecule has 4 rings (SSSR count). The minimum absolute atomic E-state index is 0.0739. The van der Waals surface area contributed by atoms with Crippen molar-refractivity contribution in [3.05, 3.63) is 90.1 Å². The van der Waals surface area contributed by atoms with E-state index in [0.29, 0.717) is 12.3 Å². The lowest BCUT2D eigenvalue weighted by molar-refractivity contribution is -0.224. The SMILES string of the molecule is CCC(OC(C)=O)C(=O)OOc1cn(Cc2ccccc2)c2ccc(-c3ccc(C(C)(C)C)cc3)cc12. The van der Waals surface area contributed by atoms with Crippen molar-refractivity contribution in [3.8, 4) is 16.9 Å². The van der Waals surface area contributed by atoms with Gasteiger partial charge in [-0.15, -0.1) is 0 Å². The molecule has 0 aliphatic heterocycles. The zero-order valence-electron chi connectivity index (χ0n) is 22.0. The molecule has 1 atom stereocenters. The van der Waals surface area contributed by atoms with Gasteiger partial charge in [-0.3, -0.25) is 9.68 Å². The molecule has 0 amide bonds. The van der Waals surface area contributed by atoms with Gasteiger partial charge in [-0.05, 0) is 46.2 Å². The van der Waals surface area contributed by atoms with Gasteiger partial charge in [-0.25, -0.2) is 9.68 Å². The first-order chi connectivity index (χ1) is 17.7. The standard InChI is InChI=1S/C31H33NO5/c1-6-28(35-21(2)33)30(34)37-36-29-20-32(19-22-10-8-7-9-11-22)27-17-14-24(18-26(27)29)23-12-15-25(16-13-23)31(3,4)5/h7-18,20,28H,6,19H2,1-5H3. The Morgan fingerprint density at radius 1 is 0.919 bits per heavy atom. The number of ether oxygens (including phenoxy) is 1. The molecule has 0 saturated carbocycles. The van der Waals surface area contributed by atoms with E-state index in [1.165, 1.54) is 12.5 Å². The van der Waals surface area contributed by atoms with Crippen molar-refractivity contribution in [2.24, 2.45) is 0 Å². The number of nitrogens with zero attached hydrogens (tertiary/aromatic N) is 1. The molecule has 0 radical (unpaired) electrons. The van der Waals surface area contributed by atoms with Gasteiger partial charge in [0.1, 0.15) is 0 Å². The summed E-state index contributed by atoms with van der Waals surface area (Å²) in [5.41, 5.74) is 5.51. The fourth-order valence-corrected chi connectivity index (χ4v) is 4.22. The maximum atomic E-state index is 12.5. The number of rotatable bonds is 8. The van der Waals surface area contributed by atoms with Crippen LogP contribution in [0, 0.1) is 0 Å². The van der Waals surface area contributed by atoms with Crippen LogP contribution in [-0.4, -0.2) is 22.6 Å². The number of hydrogen-bond donors (Lipinski definition) is 0. The van der Waals surface area contributed by atoms with Crippen LogP contribution in [0.3, 0.4) is 0 Å². The first-order valence-corrected chi connectivity index (χ1v) is 12.5. The molecule has 0 aliphatic carbocycles. The maximum absolute atomic E-state index is 12.5. The van der Waals surface area contributed by atoms with Crippen LogP contribution in [0.1, 0.15) is 52.2 Å². The summed E-state index contributed by atoms with van der Waals surface area (Å²) in [5, 5.41) is 0.807. The highest BCUT2D eigenvalue weighted by molar-refractivity contribution is 5.91. The molecule has 0 aliphatic rings. The van der Waals surface area contributed by atoms with E-state index in [4.69, 9.17) is 14.5 Å². The smallest absolute Gasteiger partial charge is 0.395 e. The molecule has 6 nitrogen and oxygen atoms in total. The van der Waals surface area contributed by atoms with Crippen molar-refractivity contribution in [3.63, 3.8) is 0 Å². The molecule has 37 heavy (non-hydrogen) atoms. The van der Waals surface area contributed by atoms with E-state index in [1.54, 1.807) is 6.92 Å². The highest BCUT2D eigenvalue weighted by Crippen LogP contribution is 2.34. The zero-order chi connectivity index (χ0) is 26.6. The maximum Gasteiger partial charge on any atom is 0.395 e. The van der Waals surface area contributed by atoms with Crippen molar-refractivity contribution in [2.75, 3.05) is 0 Å². The average Bonchev–Trinajstić information content (AvgIpc) is 3.22. The molecule has 0 bridgehead atoms. The molecule has 0 saturated heterocycles. The minimum Gasteiger partial charge on any atom is -0.450 e. The number of hydrogen-bond acceptors (Lipinski definition) is 5. The molecule has 4 aromatic rings. The lowest BCUT2D eigenvalue weighted by Gasteiger charge is -2.19. The Morgan fingerprint density at radius 3 is 2.22 bits per heavy atom. The summed E-state index contributed by atoms with van der Waals surface area (Å²) in [6.45, 7) is 10.2. The third kappa shape index (κ3) is 6.20. The number of carbonyl (C=O) groups excluding carboxylic acids is 2. The van der Waals surface area contributed by atoms with E-state index in [1.807, 2.05) is 36.5 Å². The third-order valence-corrected chi connectivity index (χ3v) is 6.28. The quantitative estimate of drug-likeness (QED) is 0.151. The van der Waals surface area contributed by atoms with Crippen molar-refractivity contribution < 1.29 is 24.1 Å². The van der Waals surface area contributed by atoms with Crippen LogP contribution in [0.4, 0.5) is 0 Å². The normalized spacial score (nSPS) is 12.2. The molecule has 1 heterocycles. The summed E-state index contributed by atoms with van der Waals surface area (Å²) in [4.78, 5) is 34.5. The molecule has 3 aromatic carbocycles. The largest absolute Gasteiger partial charge is 0.450 e. The van der Waals surface area contributed by atoms with E-state index in [-0.39, 0.29) is 11.8 Å². The van der Waals surface area contributed by atoms with E-state index < -0.39 is 18.0 Å². The molecule has 1 unspecified atom stereocenters. The number of carbonyl (C=O) groups is 2. The number of esters is 1. The highest BCUT2D eigenvalue weighted by atomic mass is 17.2. The Balaban J connectivity index is 1.68. The highest BCUT2D eigenvalue weighted by Gasteiger charge is 2.24. The van der Waals surface area contributed by atoms with Gasteiger partial charge in [0.25, 0.3) is 0 Å². The summed E-state index contributed by atoms with van der Waals surface area (Å²) < 4.78 is 7.09. The Labute approximate surface area is 217 Å². The van der Waals surface area contributed by atoms with Crippen LogP contribution in [0.5, 0.6) is 5.75 Å². The first-order valence-electron chi connectivity index (χ1n) is 12.5. The Bertz CT molecular complexity index is 1380. The number of fused-ring (bicyclic) bond motifs is 1. The van der Waals surface area contributed by atoms with Gasteiger partial charge < -0.3 is 9.30 Å². The van der Waals surface area contributed by atoms with Crippen LogP contribution >= 0.6 is 0 Å². The van der Waals surface area contributed by atoms with Gasteiger partial charge >= 0.3 is 11.9 Å². The van der Waals surface area contributed by atoms with Crippen LogP contribution in [0.2, 0.25) is 0 Å². The molecule has 0 fully saturated rings. The number of benzene rings is 3. The zero-order valence-corrected chi connectivity index (χ0v) is 22.0. The van der Waals surface area contributed by atoms with Gasteiger partial charge in [-0.2, -0.15) is 0 Å². The van der Waals surface area contributed by atoms with Crippen LogP contribution in [-0.2, 0) is 31.2 Å². The summed E-state index contributed by atoms with van der Waals surface area (Å²) in [7, 11) is 0. The van der Waals surface area contributed by atoms with Crippen LogP contribution in [0.15, 0.2) is 79.0 Å². The molecular formula is C31H33NO5. The summed E-state index contributed by atoms with van der Waals surface area (Å²) in [6, 6.07) is 24.8. The fraction of sp³-hybridized carbons (Fsp3) is 0.290. The fourth-order valence-electron chi connectivity index (χ4n) is 4.22. The summed E-state index contributed by atoms with van der Waals surface area (Å²) in [5.74, 6) is -0.897. The Morgan fingerprint density at radius 2 is 1.59 bits per heavy atom. The predicted molar refractivity (Wildman–Crippen MR) is 144 cm³/mol. The second-order valence-electron chi connectivity index (χ2n) is 10.2. The minimum atomic E-state index is -1.02. The second-order valence-corrected chi connectivity index (χ2v) is 10.2. The Hall–Kier alpha value is -4.06. The summed E-state index contributed by atoms with van der Waals surface area (Å²) >= 11 is 0. The number of aromatic nitrogens is 1. The average molecular weight is 500 g/mol. The lowest BCUT2D eigenvalue weighted by Crippen LogP contribution is -2.28. The van der Waals surface area contributed by atoms with Gasteiger partial charge in [0.15, 0.2) is 0 Å². The van der Waals surface area contributed by atoms with Crippen molar-refractivity contribution >= 4 is 22.8 Å². The molecule has 1 aromatic heterocycles. The van der Waals surface area contributed by atoms with Gasteiger partial charge in [0.2, 0.25) is 11.9 Å². The monoisotopic (exact) mass is 499 g/mol. The van der Waals surface area contributed by atoms with Crippen molar-refractivity contribution in [1.29, 1.82) is 0 Å². The van der Waals surface area contributed by atoms with E-state index in [9.17, 15) is 9.59 Å². The van der Waals surface area contributed by atoms with Crippen LogP contribution in [0.25, 0.3) is 22.0 Å². The topological polar surface area (TPSA) is 66.8 Å². The van der Waals surface area contributed by atoms with Crippen LogP contribution < -0.4 is 4.89 Å². The van der Waals surface area contributed by atoms with Crippen molar-refractivity contribution in [1.82, 2.24) is 4.57 Å². The van der Waals surface area contributed by atoms with Gasteiger partial charge in [-0.1, -0.05) is 88.4 Å². The van der Waals surface area contributed by atoms with Crippen molar-refractivity contribution in [2.45, 2.75) is 59.1 Å². The molecule has 0 spiro atoms.